The minimum Gasteiger partial charge on any atom is -0.493 e. The molecule has 4 rings (SSSR count). The van der Waals surface area contributed by atoms with Crippen molar-refractivity contribution in [3.63, 3.8) is 0 Å². The first kappa shape index (κ1) is 20.8. The fraction of sp³-hybridized carbons (Fsp3) is 0.500. The summed E-state index contributed by atoms with van der Waals surface area (Å²) in [5.74, 6) is 1.90. The van der Waals surface area contributed by atoms with Gasteiger partial charge >= 0.3 is 0 Å². The van der Waals surface area contributed by atoms with Gasteiger partial charge in [-0.1, -0.05) is 18.7 Å². The van der Waals surface area contributed by atoms with Crippen LogP contribution < -0.4 is 15.0 Å². The van der Waals surface area contributed by atoms with Crippen LogP contribution in [-0.2, 0) is 30.7 Å². The van der Waals surface area contributed by atoms with Crippen LogP contribution in [0.2, 0.25) is 0 Å². The summed E-state index contributed by atoms with van der Waals surface area (Å²) in [5.41, 5.74) is 3.79. The monoisotopic (exact) mass is 429 g/mol. The lowest BCUT2D eigenvalue weighted by molar-refractivity contribution is -0.136. The number of rotatable bonds is 4. The van der Waals surface area contributed by atoms with Gasteiger partial charge in [-0.05, 0) is 43.0 Å². The SMILES string of the molecule is CCc1c(C)nc2n(c1=O)CC(C(=O)N1CCc3cc(OC)c(OC)cc3C1)CS2. The van der Waals surface area contributed by atoms with Gasteiger partial charge in [0.15, 0.2) is 16.7 Å². The van der Waals surface area contributed by atoms with E-state index in [1.807, 2.05) is 30.9 Å². The molecule has 0 spiro atoms. The highest BCUT2D eigenvalue weighted by molar-refractivity contribution is 7.99. The van der Waals surface area contributed by atoms with Crippen LogP contribution in [-0.4, -0.2) is 46.9 Å². The van der Waals surface area contributed by atoms with Gasteiger partial charge in [-0.2, -0.15) is 0 Å². The van der Waals surface area contributed by atoms with Gasteiger partial charge in [-0.15, -0.1) is 0 Å². The first-order valence-corrected chi connectivity index (χ1v) is 11.2. The van der Waals surface area contributed by atoms with Gasteiger partial charge in [0.2, 0.25) is 5.91 Å². The maximum atomic E-state index is 13.3. The molecule has 0 saturated heterocycles. The number of aromatic nitrogens is 2. The lowest BCUT2D eigenvalue weighted by Gasteiger charge is -2.34. The van der Waals surface area contributed by atoms with E-state index in [9.17, 15) is 9.59 Å². The van der Waals surface area contributed by atoms with Crippen molar-refractivity contribution < 1.29 is 14.3 Å². The molecule has 0 aliphatic carbocycles. The Morgan fingerprint density at radius 3 is 2.60 bits per heavy atom. The number of benzene rings is 1. The van der Waals surface area contributed by atoms with Crippen LogP contribution in [0, 0.1) is 12.8 Å². The topological polar surface area (TPSA) is 73.7 Å². The molecule has 2 aromatic rings. The Bertz CT molecular complexity index is 1050. The summed E-state index contributed by atoms with van der Waals surface area (Å²) in [4.78, 5) is 32.7. The van der Waals surface area contributed by atoms with E-state index in [2.05, 4.69) is 4.98 Å². The number of methoxy groups -OCH3 is 2. The Labute approximate surface area is 180 Å². The number of ether oxygens (including phenoxy) is 2. The normalized spacial score (nSPS) is 17.9. The minimum absolute atomic E-state index is 0.00850. The zero-order valence-electron chi connectivity index (χ0n) is 17.9. The van der Waals surface area contributed by atoms with Gasteiger partial charge in [-0.3, -0.25) is 14.2 Å². The molecule has 1 amide bonds. The molecule has 7 nitrogen and oxygen atoms in total. The number of amides is 1. The Balaban J connectivity index is 1.55. The molecule has 0 N–H and O–H groups in total. The summed E-state index contributed by atoms with van der Waals surface area (Å²) < 4.78 is 12.5. The molecule has 1 unspecified atom stereocenters. The number of aryl methyl sites for hydroxylation is 1. The van der Waals surface area contributed by atoms with E-state index in [0.717, 1.165) is 28.4 Å². The molecular formula is C22H27N3O4S. The number of nitrogens with zero attached hydrogens (tertiary/aromatic N) is 3. The van der Waals surface area contributed by atoms with Crippen molar-refractivity contribution in [2.24, 2.45) is 5.92 Å². The molecule has 0 radical (unpaired) electrons. The van der Waals surface area contributed by atoms with Crippen molar-refractivity contribution in [3.8, 4) is 11.5 Å². The third-order valence-electron chi connectivity index (χ3n) is 5.98. The van der Waals surface area contributed by atoms with Crippen LogP contribution in [0.4, 0.5) is 0 Å². The Morgan fingerprint density at radius 1 is 1.23 bits per heavy atom. The second-order valence-corrected chi connectivity index (χ2v) is 8.71. The van der Waals surface area contributed by atoms with E-state index in [0.29, 0.717) is 43.3 Å². The number of fused-ring (bicyclic) bond motifs is 2. The van der Waals surface area contributed by atoms with E-state index in [4.69, 9.17) is 9.47 Å². The summed E-state index contributed by atoms with van der Waals surface area (Å²) >= 11 is 1.50. The smallest absolute Gasteiger partial charge is 0.257 e. The molecule has 3 heterocycles. The van der Waals surface area contributed by atoms with Gasteiger partial charge in [-0.25, -0.2) is 4.98 Å². The van der Waals surface area contributed by atoms with Crippen molar-refractivity contribution in [2.75, 3.05) is 26.5 Å². The maximum absolute atomic E-state index is 13.3. The standard InChI is InChI=1S/C22H27N3O4S/c1-5-17-13(2)23-22-25(21(17)27)11-16(12-30-22)20(26)24-7-6-14-8-18(28-3)19(29-4)9-15(14)10-24/h8-9,16H,5-7,10-12H2,1-4H3. The first-order chi connectivity index (χ1) is 14.5. The van der Waals surface area contributed by atoms with Gasteiger partial charge in [0.1, 0.15) is 0 Å². The van der Waals surface area contributed by atoms with Gasteiger partial charge < -0.3 is 14.4 Å². The Hall–Kier alpha value is -2.48. The molecule has 2 aliphatic heterocycles. The fourth-order valence-corrected chi connectivity index (χ4v) is 5.39. The molecule has 30 heavy (non-hydrogen) atoms. The average Bonchev–Trinajstić information content (AvgIpc) is 2.77. The Morgan fingerprint density at radius 2 is 1.93 bits per heavy atom. The van der Waals surface area contributed by atoms with E-state index in [1.165, 1.54) is 17.3 Å². The van der Waals surface area contributed by atoms with Crippen molar-refractivity contribution in [1.29, 1.82) is 0 Å². The highest BCUT2D eigenvalue weighted by atomic mass is 32.2. The van der Waals surface area contributed by atoms with Crippen LogP contribution in [0.5, 0.6) is 11.5 Å². The van der Waals surface area contributed by atoms with Gasteiger partial charge in [0, 0.05) is 36.6 Å². The molecule has 2 aliphatic rings. The zero-order chi connectivity index (χ0) is 21.4. The average molecular weight is 430 g/mol. The molecule has 1 atom stereocenters. The van der Waals surface area contributed by atoms with Crippen molar-refractivity contribution in [2.45, 2.75) is 44.9 Å². The number of thioether (sulfide) groups is 1. The number of carbonyl (C=O) groups is 1. The number of hydrogen-bond donors (Lipinski definition) is 0. The summed E-state index contributed by atoms with van der Waals surface area (Å²) in [6, 6.07) is 3.96. The largest absolute Gasteiger partial charge is 0.493 e. The van der Waals surface area contributed by atoms with Crippen molar-refractivity contribution in [3.05, 3.63) is 44.9 Å². The lowest BCUT2D eigenvalue weighted by atomic mass is 9.97. The number of hydrogen-bond acceptors (Lipinski definition) is 6. The molecule has 0 fully saturated rings. The van der Waals surface area contributed by atoms with Crippen molar-refractivity contribution in [1.82, 2.24) is 14.5 Å². The lowest BCUT2D eigenvalue weighted by Crippen LogP contribution is -2.44. The van der Waals surface area contributed by atoms with Crippen molar-refractivity contribution >= 4 is 17.7 Å². The van der Waals surface area contributed by atoms with Crippen LogP contribution in [0.15, 0.2) is 22.1 Å². The second-order valence-electron chi connectivity index (χ2n) is 7.72. The third-order valence-corrected chi connectivity index (χ3v) is 7.12. The molecule has 0 saturated carbocycles. The first-order valence-electron chi connectivity index (χ1n) is 10.2. The predicted octanol–water partition coefficient (Wildman–Crippen LogP) is 2.44. The van der Waals surface area contributed by atoms with E-state index < -0.39 is 0 Å². The molecule has 1 aromatic carbocycles. The number of carbonyl (C=O) groups excluding carboxylic acids is 1. The minimum atomic E-state index is -0.226. The highest BCUT2D eigenvalue weighted by Crippen LogP contribution is 2.34. The summed E-state index contributed by atoms with van der Waals surface area (Å²) in [6.45, 7) is 5.45. The Kier molecular flexibility index (Phi) is 5.77. The summed E-state index contributed by atoms with van der Waals surface area (Å²) in [7, 11) is 3.24. The summed E-state index contributed by atoms with van der Waals surface area (Å²) in [5, 5.41) is 0.722. The molecule has 1 aromatic heterocycles. The molecule has 0 bridgehead atoms. The summed E-state index contributed by atoms with van der Waals surface area (Å²) in [6.07, 6.45) is 1.42. The maximum Gasteiger partial charge on any atom is 0.257 e. The molecule has 160 valence electrons. The fourth-order valence-electron chi connectivity index (χ4n) is 4.28. The highest BCUT2D eigenvalue weighted by Gasteiger charge is 2.32. The van der Waals surface area contributed by atoms with Crippen LogP contribution >= 0.6 is 11.8 Å². The zero-order valence-corrected chi connectivity index (χ0v) is 18.7. The van der Waals surface area contributed by atoms with Crippen LogP contribution in [0.1, 0.15) is 29.3 Å². The second kappa shape index (κ2) is 8.34. The van der Waals surface area contributed by atoms with E-state index >= 15 is 0 Å². The molecular weight excluding hydrogens is 402 g/mol. The quantitative estimate of drug-likeness (QED) is 0.695. The van der Waals surface area contributed by atoms with E-state index in [-0.39, 0.29) is 17.4 Å². The predicted molar refractivity (Wildman–Crippen MR) is 115 cm³/mol. The molecule has 8 heteroatoms. The third kappa shape index (κ3) is 3.57. The van der Waals surface area contributed by atoms with Crippen LogP contribution in [0.25, 0.3) is 0 Å². The van der Waals surface area contributed by atoms with Gasteiger partial charge in [0.05, 0.1) is 20.1 Å². The van der Waals surface area contributed by atoms with Crippen LogP contribution in [0.3, 0.4) is 0 Å². The van der Waals surface area contributed by atoms with E-state index in [1.54, 1.807) is 18.8 Å². The van der Waals surface area contributed by atoms with Gasteiger partial charge in [0.25, 0.3) is 5.56 Å².